The monoisotopic (exact) mass is 194 g/mol. The second-order valence-electron chi connectivity index (χ2n) is 5.68. The van der Waals surface area contributed by atoms with Gasteiger partial charge in [-0.1, -0.05) is 6.92 Å². The number of rotatable bonds is 2. The molecule has 4 aliphatic rings. The molecule has 78 valence electrons. The smallest absolute Gasteiger partial charge is 0.293 e. The van der Waals surface area contributed by atoms with E-state index in [1.54, 1.807) is 0 Å². The third kappa shape index (κ3) is 0.999. The van der Waals surface area contributed by atoms with Gasteiger partial charge in [0.1, 0.15) is 5.60 Å². The van der Waals surface area contributed by atoms with E-state index in [0.29, 0.717) is 12.4 Å². The van der Waals surface area contributed by atoms with E-state index >= 15 is 0 Å². The Balaban J connectivity index is 1.93. The van der Waals surface area contributed by atoms with Crippen molar-refractivity contribution in [3.05, 3.63) is 0 Å². The summed E-state index contributed by atoms with van der Waals surface area (Å²) in [7, 11) is 0. The molecule has 4 fully saturated rings. The van der Waals surface area contributed by atoms with Crippen LogP contribution in [0.15, 0.2) is 0 Å². The van der Waals surface area contributed by atoms with Crippen LogP contribution in [0.4, 0.5) is 0 Å². The highest BCUT2D eigenvalue weighted by Gasteiger charge is 2.56. The van der Waals surface area contributed by atoms with Crippen molar-refractivity contribution in [3.63, 3.8) is 0 Å². The first kappa shape index (κ1) is 8.75. The van der Waals surface area contributed by atoms with Gasteiger partial charge in [0.05, 0.1) is 0 Å². The Hall–Kier alpha value is -0.530. The number of hydrogen-bond donors (Lipinski definition) is 0. The van der Waals surface area contributed by atoms with Crippen LogP contribution < -0.4 is 0 Å². The second kappa shape index (κ2) is 2.74. The Morgan fingerprint density at radius 1 is 1.21 bits per heavy atom. The molecule has 4 saturated carbocycles. The minimum absolute atomic E-state index is 0.0590. The highest BCUT2D eigenvalue weighted by molar-refractivity contribution is 5.39. The molecule has 3 unspecified atom stereocenters. The predicted octanol–water partition coefficient (Wildman–Crippen LogP) is 2.37. The Bertz CT molecular complexity index is 247. The molecule has 2 nitrogen and oxygen atoms in total. The minimum atomic E-state index is -0.0590. The quantitative estimate of drug-likeness (QED) is 0.631. The average molecular weight is 194 g/mol. The third-order valence-corrected chi connectivity index (χ3v) is 5.03. The van der Waals surface area contributed by atoms with E-state index in [9.17, 15) is 4.79 Å². The molecule has 0 aromatic rings. The van der Waals surface area contributed by atoms with Gasteiger partial charge in [-0.3, -0.25) is 4.79 Å². The molecule has 14 heavy (non-hydrogen) atoms. The van der Waals surface area contributed by atoms with Crippen LogP contribution in [0.5, 0.6) is 0 Å². The van der Waals surface area contributed by atoms with Crippen molar-refractivity contribution in [2.24, 2.45) is 23.7 Å². The lowest BCUT2D eigenvalue weighted by molar-refractivity contribution is -0.193. The van der Waals surface area contributed by atoms with Crippen LogP contribution in [-0.2, 0) is 9.53 Å². The molecule has 4 aliphatic carbocycles. The molecule has 0 saturated heterocycles. The van der Waals surface area contributed by atoms with Gasteiger partial charge in [-0.2, -0.15) is 0 Å². The van der Waals surface area contributed by atoms with E-state index in [1.807, 2.05) is 0 Å². The molecule has 0 N–H and O–H groups in total. The van der Waals surface area contributed by atoms with Gasteiger partial charge < -0.3 is 4.74 Å². The number of carbonyl (C=O) groups excluding carboxylic acids is 1. The molecule has 0 radical (unpaired) electrons. The lowest BCUT2D eigenvalue weighted by Crippen LogP contribution is -2.57. The third-order valence-electron chi connectivity index (χ3n) is 5.03. The summed E-state index contributed by atoms with van der Waals surface area (Å²) >= 11 is 0. The SMILES string of the molecule is CC1C2CC3CC(C2)CC1(OC=O)C3. The van der Waals surface area contributed by atoms with Gasteiger partial charge in [-0.05, 0) is 55.8 Å². The largest absolute Gasteiger partial charge is 0.461 e. The standard InChI is InChI=1S/C12H18O2/c1-8-11-3-9-2-10(4-11)6-12(8,5-9)14-7-13/h7-11H,2-6H2,1H3. The molecule has 0 spiro atoms. The predicted molar refractivity (Wildman–Crippen MR) is 52.6 cm³/mol. The molecule has 0 heterocycles. The van der Waals surface area contributed by atoms with Crippen LogP contribution in [0.2, 0.25) is 0 Å². The first-order valence-corrected chi connectivity index (χ1v) is 5.85. The molecule has 0 aromatic carbocycles. The van der Waals surface area contributed by atoms with Crippen molar-refractivity contribution in [1.82, 2.24) is 0 Å². The summed E-state index contributed by atoms with van der Waals surface area (Å²) in [6, 6.07) is 0. The fourth-order valence-electron chi connectivity index (χ4n) is 4.52. The summed E-state index contributed by atoms with van der Waals surface area (Å²) in [6.45, 7) is 2.97. The first-order chi connectivity index (χ1) is 6.73. The zero-order valence-electron chi connectivity index (χ0n) is 8.74. The lowest BCUT2D eigenvalue weighted by atomic mass is 9.50. The van der Waals surface area contributed by atoms with Crippen molar-refractivity contribution in [3.8, 4) is 0 Å². The van der Waals surface area contributed by atoms with Gasteiger partial charge >= 0.3 is 0 Å². The van der Waals surface area contributed by atoms with E-state index in [2.05, 4.69) is 6.92 Å². The second-order valence-corrected chi connectivity index (χ2v) is 5.68. The van der Waals surface area contributed by atoms with E-state index in [0.717, 1.165) is 30.6 Å². The zero-order chi connectivity index (χ0) is 9.76. The highest BCUT2D eigenvalue weighted by Crippen LogP contribution is 2.59. The molecule has 4 bridgehead atoms. The van der Waals surface area contributed by atoms with E-state index < -0.39 is 0 Å². The average Bonchev–Trinajstić information content (AvgIpc) is 2.13. The Labute approximate surface area is 85.0 Å². The van der Waals surface area contributed by atoms with Crippen molar-refractivity contribution < 1.29 is 9.53 Å². The lowest BCUT2D eigenvalue weighted by Gasteiger charge is -2.59. The first-order valence-electron chi connectivity index (χ1n) is 5.85. The van der Waals surface area contributed by atoms with Crippen LogP contribution in [0.1, 0.15) is 39.0 Å². The van der Waals surface area contributed by atoms with Crippen molar-refractivity contribution >= 4 is 6.47 Å². The van der Waals surface area contributed by atoms with E-state index in [1.165, 1.54) is 19.3 Å². The zero-order valence-corrected chi connectivity index (χ0v) is 8.74. The van der Waals surface area contributed by atoms with Crippen molar-refractivity contribution in [1.29, 1.82) is 0 Å². The Morgan fingerprint density at radius 3 is 2.43 bits per heavy atom. The van der Waals surface area contributed by atoms with Crippen molar-refractivity contribution in [2.75, 3.05) is 0 Å². The summed E-state index contributed by atoms with van der Waals surface area (Å²) in [5, 5.41) is 0. The maximum atomic E-state index is 10.6. The normalized spacial score (nSPS) is 54.6. The highest BCUT2D eigenvalue weighted by atomic mass is 16.5. The summed E-state index contributed by atoms with van der Waals surface area (Å²) in [6.07, 6.45) is 6.45. The van der Waals surface area contributed by atoms with Crippen LogP contribution in [0.3, 0.4) is 0 Å². The van der Waals surface area contributed by atoms with Gasteiger partial charge in [-0.15, -0.1) is 0 Å². The number of carbonyl (C=O) groups is 1. The maximum Gasteiger partial charge on any atom is 0.293 e. The molecule has 2 heteroatoms. The van der Waals surface area contributed by atoms with Crippen LogP contribution in [0, 0.1) is 23.7 Å². The molecule has 0 aromatic heterocycles. The Kier molecular flexibility index (Phi) is 1.71. The van der Waals surface area contributed by atoms with Crippen LogP contribution in [-0.4, -0.2) is 12.1 Å². The van der Waals surface area contributed by atoms with Crippen molar-refractivity contribution in [2.45, 2.75) is 44.6 Å². The fraction of sp³-hybridized carbons (Fsp3) is 0.917. The molecule has 0 amide bonds. The topological polar surface area (TPSA) is 26.3 Å². The number of ether oxygens (including phenoxy) is 1. The van der Waals surface area contributed by atoms with E-state index in [-0.39, 0.29) is 5.60 Å². The van der Waals surface area contributed by atoms with Crippen LogP contribution in [0.25, 0.3) is 0 Å². The molecular formula is C12H18O2. The van der Waals surface area contributed by atoms with Gasteiger partial charge in [0.15, 0.2) is 0 Å². The molecule has 0 aliphatic heterocycles. The van der Waals surface area contributed by atoms with Gasteiger partial charge in [-0.25, -0.2) is 0 Å². The minimum Gasteiger partial charge on any atom is -0.461 e. The maximum absolute atomic E-state index is 10.6. The summed E-state index contributed by atoms with van der Waals surface area (Å²) in [4.78, 5) is 10.6. The molecule has 4 rings (SSSR count). The summed E-state index contributed by atoms with van der Waals surface area (Å²) in [5.74, 6) is 3.13. The van der Waals surface area contributed by atoms with Crippen LogP contribution >= 0.6 is 0 Å². The van der Waals surface area contributed by atoms with E-state index in [4.69, 9.17) is 4.74 Å². The van der Waals surface area contributed by atoms with Gasteiger partial charge in [0.2, 0.25) is 0 Å². The summed E-state index contributed by atoms with van der Waals surface area (Å²) < 4.78 is 5.47. The van der Waals surface area contributed by atoms with Gasteiger partial charge in [0.25, 0.3) is 6.47 Å². The molecule has 3 atom stereocenters. The Morgan fingerprint density at radius 2 is 1.86 bits per heavy atom. The number of hydrogen-bond acceptors (Lipinski definition) is 2. The summed E-state index contributed by atoms with van der Waals surface area (Å²) in [5.41, 5.74) is -0.0590. The molecular weight excluding hydrogens is 176 g/mol. The fourth-order valence-corrected chi connectivity index (χ4v) is 4.52. The van der Waals surface area contributed by atoms with Gasteiger partial charge in [0, 0.05) is 0 Å².